The molecule has 0 amide bonds. The van der Waals surface area contributed by atoms with Crippen molar-refractivity contribution in [1.29, 1.82) is 0 Å². The van der Waals surface area contributed by atoms with Crippen LogP contribution >= 0.6 is 0 Å². The standard InChI is InChI=1S/C19H28N6O2S/c1-15-13-19(23-22-15)21-18-9-5-8-17(20-18)16-7-6-12-25(14-16)28(26,27)24-10-3-2-4-11-24/h5,8-9,13,16H,2-4,6-7,10-12,14H2,1H3,(H2,20,21,22,23)/t16-/m0/s1. The van der Waals surface area contributed by atoms with Crippen LogP contribution in [0.25, 0.3) is 0 Å². The van der Waals surface area contributed by atoms with Crippen molar-refractivity contribution in [3.8, 4) is 0 Å². The molecule has 0 unspecified atom stereocenters. The average molecular weight is 405 g/mol. The number of pyridine rings is 1. The van der Waals surface area contributed by atoms with Crippen molar-refractivity contribution in [2.24, 2.45) is 0 Å². The third-order valence-electron chi connectivity index (χ3n) is 5.50. The highest BCUT2D eigenvalue weighted by atomic mass is 32.2. The SMILES string of the molecule is Cc1cc(Nc2cccc([C@H]3CCCN(S(=O)(=O)N4CCCCC4)C3)n2)n[nH]1. The Labute approximate surface area is 166 Å². The van der Waals surface area contributed by atoms with Gasteiger partial charge in [0.05, 0.1) is 0 Å². The van der Waals surface area contributed by atoms with Gasteiger partial charge in [-0.25, -0.2) is 4.98 Å². The number of hydrogen-bond acceptors (Lipinski definition) is 5. The summed E-state index contributed by atoms with van der Waals surface area (Å²) in [6, 6.07) is 7.77. The molecule has 2 fully saturated rings. The molecule has 1 atom stereocenters. The van der Waals surface area contributed by atoms with Crippen molar-refractivity contribution in [3.63, 3.8) is 0 Å². The molecule has 0 spiro atoms. The Hall–Kier alpha value is -1.97. The van der Waals surface area contributed by atoms with Crippen molar-refractivity contribution in [1.82, 2.24) is 23.8 Å². The summed E-state index contributed by atoms with van der Waals surface area (Å²) in [7, 11) is -3.37. The zero-order valence-electron chi connectivity index (χ0n) is 16.3. The number of H-pyrrole nitrogens is 1. The average Bonchev–Trinajstić information content (AvgIpc) is 3.13. The van der Waals surface area contributed by atoms with Gasteiger partial charge in [-0.2, -0.15) is 22.1 Å². The molecule has 0 bridgehead atoms. The van der Waals surface area contributed by atoms with Gasteiger partial charge < -0.3 is 5.32 Å². The van der Waals surface area contributed by atoms with Crippen LogP contribution in [0.2, 0.25) is 0 Å². The molecule has 152 valence electrons. The normalized spacial score (nSPS) is 22.2. The molecule has 8 nitrogen and oxygen atoms in total. The largest absolute Gasteiger partial charge is 0.323 e. The van der Waals surface area contributed by atoms with Crippen LogP contribution in [0, 0.1) is 6.92 Å². The van der Waals surface area contributed by atoms with Crippen molar-refractivity contribution >= 4 is 21.8 Å². The third-order valence-corrected chi connectivity index (χ3v) is 7.50. The van der Waals surface area contributed by atoms with Gasteiger partial charge in [0.15, 0.2) is 5.82 Å². The molecular formula is C19H28N6O2S. The highest BCUT2D eigenvalue weighted by Gasteiger charge is 2.35. The predicted molar refractivity (Wildman–Crippen MR) is 109 cm³/mol. The molecule has 0 aromatic carbocycles. The molecule has 4 rings (SSSR count). The van der Waals surface area contributed by atoms with Gasteiger partial charge in [-0.3, -0.25) is 5.10 Å². The molecule has 2 aliphatic heterocycles. The van der Waals surface area contributed by atoms with E-state index in [4.69, 9.17) is 4.98 Å². The fourth-order valence-electron chi connectivity index (χ4n) is 4.01. The number of nitrogens with one attached hydrogen (secondary N) is 2. The summed E-state index contributed by atoms with van der Waals surface area (Å²) in [5, 5.41) is 10.3. The van der Waals surface area contributed by atoms with E-state index in [1.54, 1.807) is 8.61 Å². The van der Waals surface area contributed by atoms with Gasteiger partial charge in [0.2, 0.25) is 0 Å². The van der Waals surface area contributed by atoms with E-state index in [1.165, 1.54) is 0 Å². The Morgan fingerprint density at radius 1 is 1.07 bits per heavy atom. The number of nitrogens with zero attached hydrogens (tertiary/aromatic N) is 4. The van der Waals surface area contributed by atoms with Crippen molar-refractivity contribution in [2.75, 3.05) is 31.5 Å². The van der Waals surface area contributed by atoms with Gasteiger partial charge in [-0.1, -0.05) is 12.5 Å². The summed E-state index contributed by atoms with van der Waals surface area (Å²) in [5.74, 6) is 1.55. The Morgan fingerprint density at radius 2 is 1.86 bits per heavy atom. The second kappa shape index (κ2) is 8.18. The summed E-state index contributed by atoms with van der Waals surface area (Å²) in [6.07, 6.45) is 4.84. The molecule has 2 aliphatic rings. The maximum atomic E-state index is 13.0. The van der Waals surface area contributed by atoms with Crippen LogP contribution < -0.4 is 5.32 Å². The first kappa shape index (κ1) is 19.4. The fourth-order valence-corrected chi connectivity index (χ4v) is 5.79. The van der Waals surface area contributed by atoms with Gasteiger partial charge in [0, 0.05) is 49.6 Å². The lowest BCUT2D eigenvalue weighted by Crippen LogP contribution is -2.49. The van der Waals surface area contributed by atoms with Crippen LogP contribution in [0.3, 0.4) is 0 Å². The number of aromatic nitrogens is 3. The zero-order valence-corrected chi connectivity index (χ0v) is 17.1. The first-order valence-electron chi connectivity index (χ1n) is 10.0. The van der Waals surface area contributed by atoms with Crippen LogP contribution in [0.4, 0.5) is 11.6 Å². The fraction of sp³-hybridized carbons (Fsp3) is 0.579. The number of piperidine rings is 2. The Kier molecular flexibility index (Phi) is 5.65. The van der Waals surface area contributed by atoms with Crippen LogP contribution in [0.15, 0.2) is 24.3 Å². The topological polar surface area (TPSA) is 94.2 Å². The zero-order chi connectivity index (χ0) is 19.6. The quantitative estimate of drug-likeness (QED) is 0.799. The van der Waals surface area contributed by atoms with E-state index < -0.39 is 10.2 Å². The summed E-state index contributed by atoms with van der Waals surface area (Å²) in [4.78, 5) is 4.73. The molecule has 9 heteroatoms. The molecule has 0 saturated carbocycles. The molecule has 2 saturated heterocycles. The molecule has 2 N–H and O–H groups in total. The molecular weight excluding hydrogens is 376 g/mol. The Bertz CT molecular complexity index is 907. The van der Waals surface area contributed by atoms with Crippen LogP contribution in [0.1, 0.15) is 49.4 Å². The van der Waals surface area contributed by atoms with Gasteiger partial charge in [-0.15, -0.1) is 0 Å². The number of anilines is 2. The lowest BCUT2D eigenvalue weighted by molar-refractivity contribution is 0.266. The lowest BCUT2D eigenvalue weighted by atomic mass is 9.95. The molecule has 0 aliphatic carbocycles. The first-order valence-corrected chi connectivity index (χ1v) is 11.4. The van der Waals surface area contributed by atoms with Gasteiger partial charge >= 0.3 is 0 Å². The maximum absolute atomic E-state index is 13.0. The summed E-state index contributed by atoms with van der Waals surface area (Å²) < 4.78 is 29.4. The number of hydrogen-bond donors (Lipinski definition) is 2. The van der Waals surface area contributed by atoms with Crippen molar-refractivity contribution in [2.45, 2.75) is 44.9 Å². The predicted octanol–water partition coefficient (Wildman–Crippen LogP) is 2.77. The second-order valence-corrected chi connectivity index (χ2v) is 9.60. The molecule has 2 aromatic rings. The van der Waals surface area contributed by atoms with Gasteiger partial charge in [0.1, 0.15) is 5.82 Å². The minimum absolute atomic E-state index is 0.107. The highest BCUT2D eigenvalue weighted by molar-refractivity contribution is 7.86. The summed E-state index contributed by atoms with van der Waals surface area (Å²) >= 11 is 0. The van der Waals surface area contributed by atoms with Gasteiger partial charge in [-0.05, 0) is 44.7 Å². The second-order valence-electron chi connectivity index (χ2n) is 7.67. The summed E-state index contributed by atoms with van der Waals surface area (Å²) in [6.45, 7) is 4.33. The van der Waals surface area contributed by atoms with Crippen molar-refractivity contribution in [3.05, 3.63) is 35.7 Å². The minimum atomic E-state index is -3.37. The van der Waals surface area contributed by atoms with E-state index in [-0.39, 0.29) is 5.92 Å². The molecule has 0 radical (unpaired) electrons. The summed E-state index contributed by atoms with van der Waals surface area (Å²) in [5.41, 5.74) is 1.90. The van der Waals surface area contributed by atoms with E-state index >= 15 is 0 Å². The molecule has 2 aromatic heterocycles. The van der Waals surface area contributed by atoms with Crippen LogP contribution in [0.5, 0.6) is 0 Å². The van der Waals surface area contributed by atoms with Crippen LogP contribution in [-0.2, 0) is 10.2 Å². The van der Waals surface area contributed by atoms with E-state index in [0.717, 1.165) is 55.1 Å². The van der Waals surface area contributed by atoms with E-state index in [9.17, 15) is 8.42 Å². The van der Waals surface area contributed by atoms with Crippen molar-refractivity contribution < 1.29 is 8.42 Å². The lowest BCUT2D eigenvalue weighted by Gasteiger charge is -2.36. The van der Waals surface area contributed by atoms with E-state index in [2.05, 4.69) is 15.5 Å². The smallest absolute Gasteiger partial charge is 0.281 e. The minimum Gasteiger partial charge on any atom is -0.323 e. The Morgan fingerprint density at radius 3 is 2.61 bits per heavy atom. The van der Waals surface area contributed by atoms with E-state index in [1.807, 2.05) is 31.2 Å². The third kappa shape index (κ3) is 4.21. The number of rotatable bonds is 5. The highest BCUT2D eigenvalue weighted by Crippen LogP contribution is 2.30. The Balaban J connectivity index is 1.47. The van der Waals surface area contributed by atoms with Gasteiger partial charge in [0.25, 0.3) is 10.2 Å². The van der Waals surface area contributed by atoms with Crippen LogP contribution in [-0.4, -0.2) is 58.4 Å². The molecule has 4 heterocycles. The van der Waals surface area contributed by atoms with E-state index in [0.29, 0.717) is 26.2 Å². The maximum Gasteiger partial charge on any atom is 0.281 e. The number of aryl methyl sites for hydroxylation is 1. The number of aromatic amines is 1. The first-order chi connectivity index (χ1) is 13.5. The molecule has 28 heavy (non-hydrogen) atoms. The monoisotopic (exact) mass is 404 g/mol.